The maximum atomic E-state index is 12.2. The molecular weight excluding hydrogens is 300 g/mol. The normalized spacial score (nSPS) is 20.1. The van der Waals surface area contributed by atoms with Gasteiger partial charge in [0.2, 0.25) is 0 Å². The van der Waals surface area contributed by atoms with Crippen molar-refractivity contribution in [2.75, 3.05) is 13.1 Å². The van der Waals surface area contributed by atoms with Gasteiger partial charge in [0.15, 0.2) is 0 Å². The molecule has 134 valence electrons. The number of ether oxygens (including phenoxy) is 1. The number of likely N-dealkylation sites (tertiary alicyclic amines) is 1. The quantitative estimate of drug-likeness (QED) is 0.893. The van der Waals surface area contributed by atoms with Crippen molar-refractivity contribution in [3.8, 4) is 0 Å². The first-order valence-corrected chi connectivity index (χ1v) is 8.85. The summed E-state index contributed by atoms with van der Waals surface area (Å²) in [6.45, 7) is 13.9. The molecule has 0 aliphatic carbocycles. The molecule has 1 aliphatic heterocycles. The van der Waals surface area contributed by atoms with Gasteiger partial charge in [0.05, 0.1) is 0 Å². The van der Waals surface area contributed by atoms with Crippen LogP contribution in [-0.4, -0.2) is 35.7 Å². The molecule has 1 heterocycles. The number of carbonyl (C=O) groups excluding carboxylic acids is 1. The molecule has 1 saturated heterocycles. The van der Waals surface area contributed by atoms with E-state index in [0.717, 1.165) is 13.0 Å². The SMILES string of the molecule is CC(C)(C)OC(=O)N1CCC(NC(c2ccccc2)C(C)(C)C)C1. The highest BCUT2D eigenvalue weighted by atomic mass is 16.6. The highest BCUT2D eigenvalue weighted by Gasteiger charge is 2.34. The zero-order chi connectivity index (χ0) is 18.0. The average molecular weight is 332 g/mol. The molecular formula is C20H32N2O2. The van der Waals surface area contributed by atoms with Crippen LogP contribution >= 0.6 is 0 Å². The Morgan fingerprint density at radius 1 is 1.17 bits per heavy atom. The summed E-state index contributed by atoms with van der Waals surface area (Å²) in [7, 11) is 0. The molecule has 1 fully saturated rings. The van der Waals surface area contributed by atoms with Gasteiger partial charge < -0.3 is 15.0 Å². The van der Waals surface area contributed by atoms with E-state index in [1.807, 2.05) is 31.7 Å². The predicted octanol–water partition coefficient (Wildman–Crippen LogP) is 4.37. The second-order valence-corrected chi connectivity index (χ2v) is 8.79. The maximum absolute atomic E-state index is 12.2. The zero-order valence-corrected chi connectivity index (χ0v) is 15.9. The lowest BCUT2D eigenvalue weighted by Gasteiger charge is -2.34. The van der Waals surface area contributed by atoms with Crippen molar-refractivity contribution in [2.45, 2.75) is 65.6 Å². The van der Waals surface area contributed by atoms with Gasteiger partial charge in [0, 0.05) is 25.2 Å². The van der Waals surface area contributed by atoms with E-state index in [0.29, 0.717) is 12.6 Å². The van der Waals surface area contributed by atoms with Crippen LogP contribution in [0, 0.1) is 5.41 Å². The van der Waals surface area contributed by atoms with Crippen LogP contribution in [0.2, 0.25) is 0 Å². The van der Waals surface area contributed by atoms with E-state index >= 15 is 0 Å². The molecule has 0 bridgehead atoms. The van der Waals surface area contributed by atoms with Gasteiger partial charge in [-0.25, -0.2) is 4.79 Å². The Kier molecular flexibility index (Phi) is 5.59. The third kappa shape index (κ3) is 5.23. The van der Waals surface area contributed by atoms with Gasteiger partial charge in [-0.2, -0.15) is 0 Å². The molecule has 4 nitrogen and oxygen atoms in total. The number of nitrogens with zero attached hydrogens (tertiary/aromatic N) is 1. The predicted molar refractivity (Wildman–Crippen MR) is 98.0 cm³/mol. The Labute approximate surface area is 146 Å². The topological polar surface area (TPSA) is 41.6 Å². The minimum absolute atomic E-state index is 0.0979. The van der Waals surface area contributed by atoms with E-state index in [9.17, 15) is 4.79 Å². The molecule has 1 amide bonds. The lowest BCUT2D eigenvalue weighted by atomic mass is 9.82. The Morgan fingerprint density at radius 3 is 2.33 bits per heavy atom. The van der Waals surface area contributed by atoms with Crippen molar-refractivity contribution in [2.24, 2.45) is 5.41 Å². The minimum atomic E-state index is -0.444. The van der Waals surface area contributed by atoms with Crippen LogP contribution in [0.25, 0.3) is 0 Å². The Hall–Kier alpha value is -1.55. The van der Waals surface area contributed by atoms with Gasteiger partial charge in [-0.1, -0.05) is 51.1 Å². The number of carbonyl (C=O) groups is 1. The van der Waals surface area contributed by atoms with Crippen molar-refractivity contribution in [3.05, 3.63) is 35.9 Å². The van der Waals surface area contributed by atoms with Gasteiger partial charge in [0.1, 0.15) is 5.60 Å². The van der Waals surface area contributed by atoms with Gasteiger partial charge in [-0.15, -0.1) is 0 Å². The van der Waals surface area contributed by atoms with E-state index in [1.54, 1.807) is 0 Å². The van der Waals surface area contributed by atoms with E-state index in [-0.39, 0.29) is 17.6 Å². The van der Waals surface area contributed by atoms with Crippen LogP contribution in [0.3, 0.4) is 0 Å². The summed E-state index contributed by atoms with van der Waals surface area (Å²) in [5.74, 6) is 0. The van der Waals surface area contributed by atoms with Crippen molar-refractivity contribution >= 4 is 6.09 Å². The van der Waals surface area contributed by atoms with E-state index in [1.165, 1.54) is 5.56 Å². The lowest BCUT2D eigenvalue weighted by molar-refractivity contribution is 0.0289. The Balaban J connectivity index is 2.01. The molecule has 4 heteroatoms. The van der Waals surface area contributed by atoms with Crippen LogP contribution in [0.4, 0.5) is 4.79 Å². The second-order valence-electron chi connectivity index (χ2n) is 8.79. The molecule has 1 aromatic carbocycles. The molecule has 2 unspecified atom stereocenters. The number of hydrogen-bond acceptors (Lipinski definition) is 3. The third-order valence-corrected chi connectivity index (χ3v) is 4.24. The number of nitrogens with one attached hydrogen (secondary N) is 1. The standard InChI is InChI=1S/C20H32N2O2/c1-19(2,3)17(15-10-8-7-9-11-15)21-16-12-13-22(14-16)18(23)24-20(4,5)6/h7-11,16-17,21H,12-14H2,1-6H3. The van der Waals surface area contributed by atoms with Crippen LogP contribution in [0.1, 0.15) is 59.6 Å². The second kappa shape index (κ2) is 7.14. The average Bonchev–Trinajstić information content (AvgIpc) is 2.91. The molecule has 24 heavy (non-hydrogen) atoms. The monoisotopic (exact) mass is 332 g/mol. The lowest BCUT2D eigenvalue weighted by Crippen LogP contribution is -2.42. The van der Waals surface area contributed by atoms with Crippen molar-refractivity contribution in [3.63, 3.8) is 0 Å². The first-order valence-electron chi connectivity index (χ1n) is 8.85. The summed E-state index contributed by atoms with van der Waals surface area (Å²) in [4.78, 5) is 14.0. The highest BCUT2D eigenvalue weighted by Crippen LogP contribution is 2.33. The molecule has 0 radical (unpaired) electrons. The fraction of sp³-hybridized carbons (Fsp3) is 0.650. The van der Waals surface area contributed by atoms with Crippen molar-refractivity contribution in [1.29, 1.82) is 0 Å². The summed E-state index contributed by atoms with van der Waals surface area (Å²) in [5, 5.41) is 3.77. The molecule has 2 rings (SSSR count). The highest BCUT2D eigenvalue weighted by molar-refractivity contribution is 5.68. The molecule has 0 spiro atoms. The minimum Gasteiger partial charge on any atom is -0.444 e. The third-order valence-electron chi connectivity index (χ3n) is 4.24. The van der Waals surface area contributed by atoms with Gasteiger partial charge >= 0.3 is 6.09 Å². The van der Waals surface area contributed by atoms with Crippen LogP contribution in [0.15, 0.2) is 30.3 Å². The van der Waals surface area contributed by atoms with Crippen molar-refractivity contribution < 1.29 is 9.53 Å². The molecule has 1 aromatic rings. The van der Waals surface area contributed by atoms with Gasteiger partial charge in [-0.05, 0) is 38.2 Å². The van der Waals surface area contributed by atoms with Gasteiger partial charge in [0.25, 0.3) is 0 Å². The van der Waals surface area contributed by atoms with Crippen LogP contribution in [-0.2, 0) is 4.74 Å². The fourth-order valence-corrected chi connectivity index (χ4v) is 3.12. The summed E-state index contributed by atoms with van der Waals surface area (Å²) in [6, 6.07) is 11.1. The Bertz CT molecular complexity index is 543. The smallest absolute Gasteiger partial charge is 0.410 e. The summed E-state index contributed by atoms with van der Waals surface area (Å²) in [5.41, 5.74) is 0.946. The number of rotatable bonds is 3. The largest absolute Gasteiger partial charge is 0.444 e. The Morgan fingerprint density at radius 2 is 1.79 bits per heavy atom. The van der Waals surface area contributed by atoms with Crippen LogP contribution < -0.4 is 5.32 Å². The molecule has 1 aliphatic rings. The summed E-state index contributed by atoms with van der Waals surface area (Å²) >= 11 is 0. The van der Waals surface area contributed by atoms with E-state index in [2.05, 4.69) is 50.4 Å². The molecule has 2 atom stereocenters. The zero-order valence-electron chi connectivity index (χ0n) is 15.9. The van der Waals surface area contributed by atoms with Crippen LogP contribution in [0.5, 0.6) is 0 Å². The van der Waals surface area contributed by atoms with Crippen molar-refractivity contribution in [1.82, 2.24) is 10.2 Å². The summed E-state index contributed by atoms with van der Waals surface area (Å²) < 4.78 is 5.49. The van der Waals surface area contributed by atoms with Gasteiger partial charge in [-0.3, -0.25) is 0 Å². The first-order chi connectivity index (χ1) is 11.1. The molecule has 1 N–H and O–H groups in total. The first kappa shape index (κ1) is 18.8. The maximum Gasteiger partial charge on any atom is 0.410 e. The number of hydrogen-bond donors (Lipinski definition) is 1. The summed E-state index contributed by atoms with van der Waals surface area (Å²) in [6.07, 6.45) is 0.748. The number of amides is 1. The van der Waals surface area contributed by atoms with E-state index < -0.39 is 5.60 Å². The molecule has 0 saturated carbocycles. The fourth-order valence-electron chi connectivity index (χ4n) is 3.12. The van der Waals surface area contributed by atoms with E-state index in [4.69, 9.17) is 4.74 Å². The molecule has 0 aromatic heterocycles. The number of benzene rings is 1.